The van der Waals surface area contributed by atoms with E-state index in [0.29, 0.717) is 11.5 Å². The van der Waals surface area contributed by atoms with Crippen LogP contribution in [-0.2, 0) is 24.0 Å². The third kappa shape index (κ3) is 6.10. The largest absolute Gasteiger partial charge is 0.454 e. The summed E-state index contributed by atoms with van der Waals surface area (Å²) in [6, 6.07) is 5.52. The number of Topliss-reactive ketones (excluding diaryl/α,β-unsaturated/α-hetero) is 1. The Morgan fingerprint density at radius 1 is 1.11 bits per heavy atom. The van der Waals surface area contributed by atoms with Crippen LogP contribution in [0.4, 0.5) is 0 Å². The number of benzene rings is 1. The van der Waals surface area contributed by atoms with Gasteiger partial charge in [-0.1, -0.05) is 26.8 Å². The van der Waals surface area contributed by atoms with Gasteiger partial charge in [-0.2, -0.15) is 11.3 Å². The molecule has 0 saturated carbocycles. The van der Waals surface area contributed by atoms with Gasteiger partial charge in [0.1, 0.15) is 5.92 Å². The average molecular weight is 540 g/mol. The predicted molar refractivity (Wildman–Crippen MR) is 139 cm³/mol. The van der Waals surface area contributed by atoms with Crippen molar-refractivity contribution in [2.75, 3.05) is 6.79 Å². The summed E-state index contributed by atoms with van der Waals surface area (Å²) in [6.07, 6.45) is 2.87. The Balaban J connectivity index is 1.42. The molecule has 1 aromatic carbocycles. The van der Waals surface area contributed by atoms with Crippen molar-refractivity contribution >= 4 is 46.8 Å². The highest BCUT2D eigenvalue weighted by Crippen LogP contribution is 2.33. The second-order valence-corrected chi connectivity index (χ2v) is 10.4. The normalized spacial score (nSPS) is 19.9. The molecule has 0 aliphatic carbocycles. The van der Waals surface area contributed by atoms with Crippen LogP contribution in [-0.4, -0.2) is 42.2 Å². The van der Waals surface area contributed by atoms with E-state index in [-0.39, 0.29) is 19.1 Å². The summed E-state index contributed by atoms with van der Waals surface area (Å²) in [4.78, 5) is 63.0. The van der Waals surface area contributed by atoms with Crippen molar-refractivity contribution < 1.29 is 33.4 Å². The molecule has 4 rings (SSSR count). The molecule has 1 saturated heterocycles. The maximum absolute atomic E-state index is 13.1. The van der Waals surface area contributed by atoms with E-state index in [1.54, 1.807) is 38.1 Å². The first kappa shape index (κ1) is 27.1. The van der Waals surface area contributed by atoms with E-state index < -0.39 is 53.3 Å². The molecule has 2 aliphatic rings. The van der Waals surface area contributed by atoms with Gasteiger partial charge in [-0.25, -0.2) is 0 Å². The number of carbonyl (C=O) groups excluding carboxylic acids is 5. The van der Waals surface area contributed by atoms with Crippen LogP contribution < -0.4 is 25.4 Å². The molecule has 1 fully saturated rings. The van der Waals surface area contributed by atoms with Gasteiger partial charge in [0.15, 0.2) is 17.3 Å². The van der Waals surface area contributed by atoms with Crippen LogP contribution in [0.1, 0.15) is 44.4 Å². The summed E-state index contributed by atoms with van der Waals surface area (Å²) in [7, 11) is 0. The summed E-state index contributed by atoms with van der Waals surface area (Å²) in [5.74, 6) is -3.56. The summed E-state index contributed by atoms with van der Waals surface area (Å²) in [5.41, 5.74) is 1.49. The number of hydrogen-bond donors (Lipinski definition) is 3. The SMILES string of the molecule is CC(C)[C@H](NC(=O)CC(NC(=O)/C=C/c1ccc2c(c1)OCO2)c1ccsc1)C(=O)[C@@H]1C(=O)NC(=O)[C@H]1C. The first-order valence-corrected chi connectivity index (χ1v) is 13.2. The van der Waals surface area contributed by atoms with Gasteiger partial charge in [0.2, 0.25) is 30.4 Å². The predicted octanol–water partition coefficient (Wildman–Crippen LogP) is 2.36. The molecule has 3 heterocycles. The second-order valence-electron chi connectivity index (χ2n) is 9.58. The lowest BCUT2D eigenvalue weighted by atomic mass is 9.85. The van der Waals surface area contributed by atoms with Gasteiger partial charge in [0.25, 0.3) is 0 Å². The average Bonchev–Trinajstić information content (AvgIpc) is 3.61. The number of amides is 4. The van der Waals surface area contributed by atoms with Gasteiger partial charge in [-0.3, -0.25) is 29.3 Å². The number of rotatable bonds is 10. The lowest BCUT2D eigenvalue weighted by molar-refractivity contribution is -0.137. The Kier molecular flexibility index (Phi) is 8.26. The van der Waals surface area contributed by atoms with Crippen LogP contribution in [0, 0.1) is 17.8 Å². The van der Waals surface area contributed by atoms with Crippen LogP contribution in [0.15, 0.2) is 41.1 Å². The van der Waals surface area contributed by atoms with E-state index in [1.165, 1.54) is 24.3 Å². The van der Waals surface area contributed by atoms with Crippen LogP contribution in [0.5, 0.6) is 11.5 Å². The molecule has 10 nitrogen and oxygen atoms in total. The number of thiophene rings is 1. The molecule has 1 aromatic heterocycles. The standard InChI is InChI=1S/C27H29N3O7S/c1-14(2)24(25(33)23-15(3)26(34)30-27(23)35)29-22(32)11-18(17-8-9-38-12-17)28-21(31)7-5-16-4-6-19-20(10-16)37-13-36-19/h4-10,12,14-15,18,23-24H,11,13H2,1-3H3,(H,28,31)(H,29,32)(H,30,34,35)/b7-5+/t15-,18?,23+,24-/m0/s1. The molecular formula is C27H29N3O7S. The van der Waals surface area contributed by atoms with Crippen molar-refractivity contribution in [1.82, 2.24) is 16.0 Å². The molecule has 2 aliphatic heterocycles. The van der Waals surface area contributed by atoms with Gasteiger partial charge in [-0.15, -0.1) is 0 Å². The number of fused-ring (bicyclic) bond motifs is 1. The fraction of sp³-hybridized carbons (Fsp3) is 0.370. The monoisotopic (exact) mass is 539 g/mol. The smallest absolute Gasteiger partial charge is 0.244 e. The van der Waals surface area contributed by atoms with Crippen molar-refractivity contribution in [3.05, 3.63) is 52.2 Å². The van der Waals surface area contributed by atoms with E-state index in [2.05, 4.69) is 16.0 Å². The minimum atomic E-state index is -1.15. The van der Waals surface area contributed by atoms with Gasteiger partial charge >= 0.3 is 0 Å². The van der Waals surface area contributed by atoms with Gasteiger partial charge in [-0.05, 0) is 52.1 Å². The summed E-state index contributed by atoms with van der Waals surface area (Å²) < 4.78 is 10.6. The topological polar surface area (TPSA) is 140 Å². The minimum absolute atomic E-state index is 0.123. The first-order valence-electron chi connectivity index (χ1n) is 12.2. The molecule has 0 spiro atoms. The van der Waals surface area contributed by atoms with E-state index in [0.717, 1.165) is 11.1 Å². The molecule has 0 radical (unpaired) electrons. The van der Waals surface area contributed by atoms with Crippen molar-refractivity contribution in [2.24, 2.45) is 17.8 Å². The Morgan fingerprint density at radius 2 is 1.87 bits per heavy atom. The highest BCUT2D eigenvalue weighted by atomic mass is 32.1. The maximum Gasteiger partial charge on any atom is 0.244 e. The Labute approximate surface area is 223 Å². The van der Waals surface area contributed by atoms with Crippen LogP contribution in [0.2, 0.25) is 0 Å². The van der Waals surface area contributed by atoms with Gasteiger partial charge in [0, 0.05) is 6.08 Å². The quantitative estimate of drug-likeness (QED) is 0.239. The summed E-state index contributed by atoms with van der Waals surface area (Å²) in [5, 5.41) is 11.4. The number of hydrogen-bond acceptors (Lipinski definition) is 8. The van der Waals surface area contributed by atoms with E-state index >= 15 is 0 Å². The third-order valence-electron chi connectivity index (χ3n) is 6.51. The van der Waals surface area contributed by atoms with Crippen molar-refractivity contribution in [3.63, 3.8) is 0 Å². The zero-order valence-corrected chi connectivity index (χ0v) is 22.0. The van der Waals surface area contributed by atoms with Crippen LogP contribution in [0.25, 0.3) is 6.08 Å². The Morgan fingerprint density at radius 3 is 2.53 bits per heavy atom. The number of nitrogens with one attached hydrogen (secondary N) is 3. The maximum atomic E-state index is 13.1. The highest BCUT2D eigenvalue weighted by molar-refractivity contribution is 7.08. The molecular weight excluding hydrogens is 510 g/mol. The molecule has 11 heteroatoms. The lowest BCUT2D eigenvalue weighted by Crippen LogP contribution is -2.49. The van der Waals surface area contributed by atoms with Crippen molar-refractivity contribution in [2.45, 2.75) is 39.3 Å². The Bertz CT molecular complexity index is 1270. The molecule has 200 valence electrons. The third-order valence-corrected chi connectivity index (χ3v) is 7.22. The number of ketones is 1. The fourth-order valence-electron chi connectivity index (χ4n) is 4.38. The van der Waals surface area contributed by atoms with Crippen LogP contribution in [0.3, 0.4) is 0 Å². The molecule has 1 unspecified atom stereocenters. The lowest BCUT2D eigenvalue weighted by Gasteiger charge is -2.25. The molecule has 2 aromatic rings. The fourth-order valence-corrected chi connectivity index (χ4v) is 5.09. The van der Waals surface area contributed by atoms with E-state index in [1.807, 2.05) is 16.8 Å². The summed E-state index contributed by atoms with van der Waals surface area (Å²) in [6.45, 7) is 5.17. The minimum Gasteiger partial charge on any atom is -0.454 e. The molecule has 38 heavy (non-hydrogen) atoms. The van der Waals surface area contributed by atoms with E-state index in [4.69, 9.17) is 9.47 Å². The zero-order chi connectivity index (χ0) is 27.4. The van der Waals surface area contributed by atoms with E-state index in [9.17, 15) is 24.0 Å². The molecule has 4 atom stereocenters. The van der Waals surface area contributed by atoms with Crippen molar-refractivity contribution in [3.8, 4) is 11.5 Å². The van der Waals surface area contributed by atoms with Gasteiger partial charge < -0.3 is 20.1 Å². The molecule has 4 amide bonds. The Hall–Kier alpha value is -3.99. The van der Waals surface area contributed by atoms with Crippen LogP contribution >= 0.6 is 11.3 Å². The molecule has 3 N–H and O–H groups in total. The number of imide groups is 1. The van der Waals surface area contributed by atoms with Crippen molar-refractivity contribution in [1.29, 1.82) is 0 Å². The number of ether oxygens (including phenoxy) is 2. The first-order chi connectivity index (χ1) is 18.1. The number of carbonyl (C=O) groups is 5. The summed E-state index contributed by atoms with van der Waals surface area (Å²) >= 11 is 1.43. The zero-order valence-electron chi connectivity index (χ0n) is 21.2. The van der Waals surface area contributed by atoms with Gasteiger partial charge in [0.05, 0.1) is 24.4 Å². The highest BCUT2D eigenvalue weighted by Gasteiger charge is 2.46. The second kappa shape index (κ2) is 11.6. The molecule has 0 bridgehead atoms.